The maximum absolute atomic E-state index is 11.8. The summed E-state index contributed by atoms with van der Waals surface area (Å²) in [4.78, 5) is 11.8. The second-order valence-corrected chi connectivity index (χ2v) is 4.06. The Labute approximate surface area is 105 Å². The van der Waals surface area contributed by atoms with Gasteiger partial charge in [-0.1, -0.05) is 54.1 Å². The molecule has 0 spiro atoms. The van der Waals surface area contributed by atoms with Crippen molar-refractivity contribution in [1.29, 1.82) is 0 Å². The molecular formula is C14H12ClNO. The van der Waals surface area contributed by atoms with Gasteiger partial charge < -0.3 is 5.73 Å². The van der Waals surface area contributed by atoms with E-state index in [2.05, 4.69) is 0 Å². The van der Waals surface area contributed by atoms with E-state index in [9.17, 15) is 4.79 Å². The van der Waals surface area contributed by atoms with Crippen LogP contribution in [0, 0.1) is 0 Å². The molecule has 2 rings (SSSR count). The second kappa shape index (κ2) is 5.13. The molecule has 0 fully saturated rings. The van der Waals surface area contributed by atoms with Crippen molar-refractivity contribution in [2.45, 2.75) is 0 Å². The molecule has 2 aromatic rings. The number of benzene rings is 2. The number of halogens is 1. The summed E-state index contributed by atoms with van der Waals surface area (Å²) in [7, 11) is 0. The molecule has 3 heteroatoms. The average molecular weight is 246 g/mol. The van der Waals surface area contributed by atoms with Gasteiger partial charge in [-0.25, -0.2) is 0 Å². The average Bonchev–Trinajstić information content (AvgIpc) is 2.38. The smallest absolute Gasteiger partial charge is 0.177 e. The standard InChI is InChI=1S/C14H12ClNO/c15-12-8-4-7-11(13(17)9-16)14(12)10-5-2-1-3-6-10/h1-8H,9,16H2. The molecule has 0 aliphatic carbocycles. The van der Waals surface area contributed by atoms with Crippen molar-refractivity contribution in [2.24, 2.45) is 5.73 Å². The molecule has 0 aromatic heterocycles. The van der Waals surface area contributed by atoms with Crippen LogP contribution in [0.2, 0.25) is 5.02 Å². The number of carbonyl (C=O) groups excluding carboxylic acids is 1. The summed E-state index contributed by atoms with van der Waals surface area (Å²) in [6.45, 7) is -0.0137. The van der Waals surface area contributed by atoms with E-state index in [0.717, 1.165) is 11.1 Å². The maximum atomic E-state index is 11.8. The first-order valence-corrected chi connectivity index (χ1v) is 5.69. The van der Waals surface area contributed by atoms with Gasteiger partial charge in [-0.2, -0.15) is 0 Å². The predicted octanol–water partition coefficient (Wildman–Crippen LogP) is 3.15. The molecule has 0 amide bonds. The summed E-state index contributed by atoms with van der Waals surface area (Å²) in [6.07, 6.45) is 0. The van der Waals surface area contributed by atoms with Gasteiger partial charge in [0.25, 0.3) is 0 Å². The zero-order chi connectivity index (χ0) is 12.3. The highest BCUT2D eigenvalue weighted by Gasteiger charge is 2.13. The fraction of sp³-hybridized carbons (Fsp3) is 0.0714. The third-order valence-corrected chi connectivity index (χ3v) is 2.88. The number of ketones is 1. The fourth-order valence-electron chi connectivity index (χ4n) is 1.76. The molecule has 0 radical (unpaired) electrons. The largest absolute Gasteiger partial charge is 0.324 e. The Bertz CT molecular complexity index is 537. The Balaban J connectivity index is 2.64. The van der Waals surface area contributed by atoms with E-state index in [0.29, 0.717) is 10.6 Å². The Morgan fingerprint density at radius 2 is 1.76 bits per heavy atom. The lowest BCUT2D eigenvalue weighted by atomic mass is 9.97. The van der Waals surface area contributed by atoms with Crippen LogP contribution in [0.15, 0.2) is 48.5 Å². The Kier molecular flexibility index (Phi) is 3.57. The van der Waals surface area contributed by atoms with Crippen molar-refractivity contribution in [2.75, 3.05) is 6.54 Å². The summed E-state index contributed by atoms with van der Waals surface area (Å²) in [5.74, 6) is -0.105. The van der Waals surface area contributed by atoms with Crippen LogP contribution in [0.1, 0.15) is 10.4 Å². The fourth-order valence-corrected chi connectivity index (χ4v) is 2.05. The van der Waals surface area contributed by atoms with E-state index in [1.807, 2.05) is 30.3 Å². The van der Waals surface area contributed by atoms with Gasteiger partial charge in [0.2, 0.25) is 0 Å². The highest BCUT2D eigenvalue weighted by Crippen LogP contribution is 2.31. The van der Waals surface area contributed by atoms with Crippen LogP contribution in [0.25, 0.3) is 11.1 Å². The van der Waals surface area contributed by atoms with Gasteiger partial charge in [0.05, 0.1) is 6.54 Å². The van der Waals surface area contributed by atoms with E-state index < -0.39 is 0 Å². The van der Waals surface area contributed by atoms with Crippen LogP contribution in [0.5, 0.6) is 0 Å². The van der Waals surface area contributed by atoms with E-state index >= 15 is 0 Å². The van der Waals surface area contributed by atoms with Gasteiger partial charge >= 0.3 is 0 Å². The first-order chi connectivity index (χ1) is 8.24. The number of nitrogens with two attached hydrogens (primary N) is 1. The third-order valence-electron chi connectivity index (χ3n) is 2.56. The number of hydrogen-bond donors (Lipinski definition) is 1. The zero-order valence-corrected chi connectivity index (χ0v) is 9.95. The normalized spacial score (nSPS) is 10.2. The van der Waals surface area contributed by atoms with Gasteiger partial charge in [0.1, 0.15) is 0 Å². The lowest BCUT2D eigenvalue weighted by Gasteiger charge is -2.10. The van der Waals surface area contributed by atoms with Crippen LogP contribution in [-0.2, 0) is 0 Å². The number of carbonyl (C=O) groups is 1. The molecule has 2 nitrogen and oxygen atoms in total. The van der Waals surface area contributed by atoms with Crippen LogP contribution < -0.4 is 5.73 Å². The quantitative estimate of drug-likeness (QED) is 0.845. The molecular weight excluding hydrogens is 234 g/mol. The summed E-state index contributed by atoms with van der Waals surface area (Å²) < 4.78 is 0. The Hall–Kier alpha value is -1.64. The van der Waals surface area contributed by atoms with E-state index in [1.54, 1.807) is 18.2 Å². The van der Waals surface area contributed by atoms with E-state index in [-0.39, 0.29) is 12.3 Å². The van der Waals surface area contributed by atoms with Crippen molar-refractivity contribution in [1.82, 2.24) is 0 Å². The van der Waals surface area contributed by atoms with Crippen LogP contribution in [-0.4, -0.2) is 12.3 Å². The van der Waals surface area contributed by atoms with Crippen molar-refractivity contribution >= 4 is 17.4 Å². The molecule has 0 heterocycles. The number of hydrogen-bond acceptors (Lipinski definition) is 2. The molecule has 2 aromatic carbocycles. The monoisotopic (exact) mass is 245 g/mol. The maximum Gasteiger partial charge on any atom is 0.177 e. The predicted molar refractivity (Wildman–Crippen MR) is 70.3 cm³/mol. The molecule has 0 saturated heterocycles. The lowest BCUT2D eigenvalue weighted by Crippen LogP contribution is -2.14. The molecule has 0 aliphatic heterocycles. The van der Waals surface area contributed by atoms with Crippen LogP contribution >= 0.6 is 11.6 Å². The van der Waals surface area contributed by atoms with Gasteiger partial charge in [0.15, 0.2) is 5.78 Å². The second-order valence-electron chi connectivity index (χ2n) is 3.66. The molecule has 86 valence electrons. The van der Waals surface area contributed by atoms with Crippen molar-refractivity contribution in [3.05, 3.63) is 59.1 Å². The molecule has 0 saturated carbocycles. The van der Waals surface area contributed by atoms with E-state index in [4.69, 9.17) is 17.3 Å². The van der Waals surface area contributed by atoms with Crippen molar-refractivity contribution in [3.63, 3.8) is 0 Å². The zero-order valence-electron chi connectivity index (χ0n) is 9.19. The molecule has 2 N–H and O–H groups in total. The van der Waals surface area contributed by atoms with Gasteiger partial charge in [-0.05, 0) is 11.6 Å². The first kappa shape index (κ1) is 11.8. The first-order valence-electron chi connectivity index (χ1n) is 5.31. The number of rotatable bonds is 3. The minimum absolute atomic E-state index is 0.0137. The lowest BCUT2D eigenvalue weighted by molar-refractivity contribution is 0.100. The summed E-state index contributed by atoms with van der Waals surface area (Å²) >= 11 is 6.17. The summed E-state index contributed by atoms with van der Waals surface area (Å²) in [5.41, 5.74) is 7.66. The minimum Gasteiger partial charge on any atom is -0.324 e. The van der Waals surface area contributed by atoms with Crippen LogP contribution in [0.3, 0.4) is 0 Å². The van der Waals surface area contributed by atoms with Gasteiger partial charge in [-0.3, -0.25) is 4.79 Å². The minimum atomic E-state index is -0.105. The highest BCUT2D eigenvalue weighted by atomic mass is 35.5. The summed E-state index contributed by atoms with van der Waals surface area (Å²) in [6, 6.07) is 14.9. The molecule has 0 unspecified atom stereocenters. The Morgan fingerprint density at radius 3 is 2.41 bits per heavy atom. The third kappa shape index (κ3) is 2.38. The Morgan fingerprint density at radius 1 is 1.06 bits per heavy atom. The van der Waals surface area contributed by atoms with Gasteiger partial charge in [-0.15, -0.1) is 0 Å². The summed E-state index contributed by atoms with van der Waals surface area (Å²) in [5, 5.41) is 0.565. The SMILES string of the molecule is NCC(=O)c1cccc(Cl)c1-c1ccccc1. The molecule has 0 aliphatic rings. The highest BCUT2D eigenvalue weighted by molar-refractivity contribution is 6.34. The van der Waals surface area contributed by atoms with Crippen molar-refractivity contribution < 1.29 is 4.79 Å². The topological polar surface area (TPSA) is 43.1 Å². The molecule has 17 heavy (non-hydrogen) atoms. The van der Waals surface area contributed by atoms with E-state index in [1.165, 1.54) is 0 Å². The van der Waals surface area contributed by atoms with Crippen molar-refractivity contribution in [3.8, 4) is 11.1 Å². The molecule has 0 bridgehead atoms. The van der Waals surface area contributed by atoms with Crippen LogP contribution in [0.4, 0.5) is 0 Å². The molecule has 0 atom stereocenters. The number of Topliss-reactive ketones (excluding diaryl/α,β-unsaturated/α-hetero) is 1. The van der Waals surface area contributed by atoms with Gasteiger partial charge in [0, 0.05) is 16.1 Å².